The summed E-state index contributed by atoms with van der Waals surface area (Å²) in [5, 5.41) is 2.57. The van der Waals surface area contributed by atoms with E-state index in [1.807, 2.05) is 11.8 Å². The third-order valence-corrected chi connectivity index (χ3v) is 11.0. The molecule has 7 aromatic carbocycles. The summed E-state index contributed by atoms with van der Waals surface area (Å²) in [6.45, 7) is 0. The molecule has 0 saturated carbocycles. The maximum atomic E-state index is 2.39. The van der Waals surface area contributed by atoms with E-state index in [2.05, 4.69) is 168 Å². The molecule has 1 nitrogen and oxygen atoms in total. The first-order valence-corrected chi connectivity index (χ1v) is 16.3. The zero-order valence-electron chi connectivity index (χ0n) is 24.4. The maximum absolute atomic E-state index is 2.39. The van der Waals surface area contributed by atoms with Gasteiger partial charge in [0.05, 0.1) is 16.4 Å². The van der Waals surface area contributed by atoms with Crippen molar-refractivity contribution in [3.8, 4) is 27.9 Å². The van der Waals surface area contributed by atoms with Crippen LogP contribution in [0.1, 0.15) is 22.3 Å². The standard InChI is InChI=1S/C43H27NS/c1-4-17-35-31(12-1)34-16-11-15-30(42(34)43(35)36-18-5-9-22-40(36)45-41-23-10-6-19-37(41)43)28-24-26-29(27-25-28)44-38-20-7-2-13-32(38)33-14-3-8-21-39(33)44/h1-27H. The predicted molar refractivity (Wildman–Crippen MR) is 188 cm³/mol. The summed E-state index contributed by atoms with van der Waals surface area (Å²) in [7, 11) is 0. The Morgan fingerprint density at radius 1 is 0.400 bits per heavy atom. The Balaban J connectivity index is 1.24. The fourth-order valence-corrected chi connectivity index (χ4v) is 9.34. The second kappa shape index (κ2) is 9.34. The van der Waals surface area contributed by atoms with Gasteiger partial charge in [-0.1, -0.05) is 139 Å². The van der Waals surface area contributed by atoms with Gasteiger partial charge >= 0.3 is 0 Å². The molecule has 1 aromatic heterocycles. The number of nitrogens with zero attached hydrogens (tertiary/aromatic N) is 1. The van der Waals surface area contributed by atoms with Crippen LogP contribution in [0.4, 0.5) is 0 Å². The SMILES string of the molecule is c1ccc2c(c1)Sc1ccccc1C21c2ccccc2-c2cccc(-c3ccc(-n4c5ccccc5c5ccccc54)cc3)c21. The van der Waals surface area contributed by atoms with Crippen LogP contribution in [0.3, 0.4) is 0 Å². The number of hydrogen-bond acceptors (Lipinski definition) is 1. The smallest absolute Gasteiger partial charge is 0.0741 e. The van der Waals surface area contributed by atoms with Gasteiger partial charge in [0, 0.05) is 26.3 Å². The molecule has 0 bridgehead atoms. The lowest BCUT2D eigenvalue weighted by Gasteiger charge is -2.40. The first-order chi connectivity index (χ1) is 22.3. The van der Waals surface area contributed by atoms with Gasteiger partial charge in [-0.05, 0) is 80.9 Å². The topological polar surface area (TPSA) is 4.93 Å². The van der Waals surface area contributed by atoms with E-state index in [1.54, 1.807) is 0 Å². The number of fused-ring (bicyclic) bond motifs is 12. The van der Waals surface area contributed by atoms with Crippen LogP contribution >= 0.6 is 11.8 Å². The zero-order valence-corrected chi connectivity index (χ0v) is 25.3. The summed E-state index contributed by atoms with van der Waals surface area (Å²) < 4.78 is 2.39. The lowest BCUT2D eigenvalue weighted by molar-refractivity contribution is 0.724. The molecule has 0 N–H and O–H groups in total. The molecule has 2 aliphatic rings. The summed E-state index contributed by atoms with van der Waals surface area (Å²) in [4.78, 5) is 2.66. The van der Waals surface area contributed by atoms with Gasteiger partial charge in [0.25, 0.3) is 0 Å². The van der Waals surface area contributed by atoms with Gasteiger partial charge in [-0.2, -0.15) is 0 Å². The first-order valence-electron chi connectivity index (χ1n) is 15.5. The van der Waals surface area contributed by atoms with Crippen LogP contribution < -0.4 is 0 Å². The van der Waals surface area contributed by atoms with Gasteiger partial charge in [-0.3, -0.25) is 0 Å². The van der Waals surface area contributed by atoms with Gasteiger partial charge in [0.1, 0.15) is 0 Å². The zero-order chi connectivity index (χ0) is 29.5. The quantitative estimate of drug-likeness (QED) is 0.194. The van der Waals surface area contributed by atoms with Crippen molar-refractivity contribution >= 4 is 33.6 Å². The molecule has 0 atom stereocenters. The Labute approximate surface area is 266 Å². The largest absolute Gasteiger partial charge is 0.309 e. The van der Waals surface area contributed by atoms with Crippen LogP contribution in [0.25, 0.3) is 49.7 Å². The normalized spacial score (nSPS) is 13.9. The van der Waals surface area contributed by atoms with Crippen molar-refractivity contribution < 1.29 is 0 Å². The van der Waals surface area contributed by atoms with E-state index >= 15 is 0 Å². The molecule has 210 valence electrons. The molecular formula is C43H27NS. The average molecular weight is 590 g/mol. The molecule has 1 aliphatic heterocycles. The molecule has 2 heterocycles. The molecule has 0 fully saturated rings. The maximum Gasteiger partial charge on any atom is 0.0741 e. The molecule has 8 aromatic rings. The summed E-state index contributed by atoms with van der Waals surface area (Å²) in [6.07, 6.45) is 0. The Hall–Kier alpha value is -5.31. The number of para-hydroxylation sites is 2. The fourth-order valence-electron chi connectivity index (χ4n) is 8.15. The minimum atomic E-state index is -0.396. The molecule has 0 saturated heterocycles. The molecule has 1 aliphatic carbocycles. The van der Waals surface area contributed by atoms with Crippen molar-refractivity contribution in [2.24, 2.45) is 0 Å². The van der Waals surface area contributed by atoms with Crippen molar-refractivity contribution in [3.63, 3.8) is 0 Å². The molecule has 2 heteroatoms. The van der Waals surface area contributed by atoms with Crippen LogP contribution in [0.15, 0.2) is 174 Å². The van der Waals surface area contributed by atoms with E-state index in [1.165, 1.54) is 81.8 Å². The molecule has 1 spiro atoms. The number of aromatic nitrogens is 1. The molecular weight excluding hydrogens is 563 g/mol. The van der Waals surface area contributed by atoms with Crippen LogP contribution in [0.5, 0.6) is 0 Å². The van der Waals surface area contributed by atoms with E-state index in [-0.39, 0.29) is 0 Å². The van der Waals surface area contributed by atoms with Crippen LogP contribution in [0, 0.1) is 0 Å². The Bertz CT molecular complexity index is 2370. The van der Waals surface area contributed by atoms with Crippen LogP contribution in [-0.4, -0.2) is 4.57 Å². The summed E-state index contributed by atoms with van der Waals surface area (Å²) in [5.74, 6) is 0. The Kier molecular flexibility index (Phi) is 5.20. The second-order valence-corrected chi connectivity index (χ2v) is 13.1. The summed E-state index contributed by atoms with van der Waals surface area (Å²) in [6, 6.07) is 60.7. The van der Waals surface area contributed by atoms with Gasteiger partial charge in [-0.15, -0.1) is 0 Å². The highest BCUT2D eigenvalue weighted by Gasteiger charge is 2.51. The van der Waals surface area contributed by atoms with Crippen molar-refractivity contribution in [2.45, 2.75) is 15.2 Å². The minimum absolute atomic E-state index is 0.396. The molecule has 0 amide bonds. The third-order valence-electron chi connectivity index (χ3n) is 9.88. The van der Waals surface area contributed by atoms with Crippen molar-refractivity contribution in [2.75, 3.05) is 0 Å². The highest BCUT2D eigenvalue weighted by Crippen LogP contribution is 2.63. The molecule has 10 rings (SSSR count). The number of benzene rings is 7. The lowest BCUT2D eigenvalue weighted by atomic mass is 9.66. The van der Waals surface area contributed by atoms with Gasteiger partial charge in [0.2, 0.25) is 0 Å². The lowest BCUT2D eigenvalue weighted by Crippen LogP contribution is -2.32. The minimum Gasteiger partial charge on any atom is -0.309 e. The van der Waals surface area contributed by atoms with Crippen LogP contribution in [0.2, 0.25) is 0 Å². The highest BCUT2D eigenvalue weighted by atomic mass is 32.2. The third kappa shape index (κ3) is 3.30. The second-order valence-electron chi connectivity index (χ2n) is 12.0. The Morgan fingerprint density at radius 3 is 1.58 bits per heavy atom. The van der Waals surface area contributed by atoms with E-state index in [4.69, 9.17) is 0 Å². The fraction of sp³-hybridized carbons (Fsp3) is 0.0233. The van der Waals surface area contributed by atoms with Gasteiger partial charge in [0.15, 0.2) is 0 Å². The number of rotatable bonds is 2. The van der Waals surface area contributed by atoms with Crippen LogP contribution in [-0.2, 0) is 5.41 Å². The highest BCUT2D eigenvalue weighted by molar-refractivity contribution is 7.99. The molecule has 45 heavy (non-hydrogen) atoms. The van der Waals surface area contributed by atoms with E-state index < -0.39 is 5.41 Å². The summed E-state index contributed by atoms with van der Waals surface area (Å²) >= 11 is 1.89. The van der Waals surface area contributed by atoms with Crippen molar-refractivity contribution in [1.29, 1.82) is 0 Å². The summed E-state index contributed by atoms with van der Waals surface area (Å²) in [5.41, 5.74) is 13.9. The molecule has 0 radical (unpaired) electrons. The van der Waals surface area contributed by atoms with Gasteiger partial charge < -0.3 is 4.57 Å². The van der Waals surface area contributed by atoms with E-state index in [9.17, 15) is 0 Å². The molecule has 0 unspecified atom stereocenters. The Morgan fingerprint density at radius 2 is 0.911 bits per heavy atom. The van der Waals surface area contributed by atoms with Crippen molar-refractivity contribution in [3.05, 3.63) is 186 Å². The van der Waals surface area contributed by atoms with Gasteiger partial charge in [-0.25, -0.2) is 0 Å². The van der Waals surface area contributed by atoms with Crippen molar-refractivity contribution in [1.82, 2.24) is 4.57 Å². The predicted octanol–water partition coefficient (Wildman–Crippen LogP) is 11.3. The first kappa shape index (κ1) is 25.1. The van der Waals surface area contributed by atoms with E-state index in [0.29, 0.717) is 0 Å². The van der Waals surface area contributed by atoms with E-state index in [0.717, 1.165) is 0 Å². The average Bonchev–Trinajstić information content (AvgIpc) is 3.60. The monoisotopic (exact) mass is 589 g/mol. The number of hydrogen-bond donors (Lipinski definition) is 0.